The van der Waals surface area contributed by atoms with Gasteiger partial charge in [0.2, 0.25) is 5.91 Å². The Kier molecular flexibility index (Phi) is 4.43. The van der Waals surface area contributed by atoms with Crippen LogP contribution in [0.1, 0.15) is 58.3 Å². The molecular formula is C14H26N2O. The first-order valence-corrected chi connectivity index (χ1v) is 7.20. The molecule has 0 aromatic heterocycles. The lowest BCUT2D eigenvalue weighted by Gasteiger charge is -2.35. The van der Waals surface area contributed by atoms with E-state index >= 15 is 0 Å². The third-order valence-corrected chi connectivity index (χ3v) is 4.35. The SMILES string of the molecule is CC1(NC(=O)CC2CCCCC2)CCNCC1. The summed E-state index contributed by atoms with van der Waals surface area (Å²) in [6.07, 6.45) is 9.38. The fraction of sp³-hybridized carbons (Fsp3) is 0.929. The van der Waals surface area contributed by atoms with Crippen molar-refractivity contribution in [2.24, 2.45) is 5.92 Å². The average Bonchev–Trinajstić information content (AvgIpc) is 2.30. The molecule has 1 saturated carbocycles. The highest BCUT2D eigenvalue weighted by Crippen LogP contribution is 2.26. The van der Waals surface area contributed by atoms with Crippen LogP contribution in [0.25, 0.3) is 0 Å². The number of rotatable bonds is 3. The molecule has 0 spiro atoms. The molecule has 2 rings (SSSR count). The van der Waals surface area contributed by atoms with Gasteiger partial charge in [0, 0.05) is 12.0 Å². The highest BCUT2D eigenvalue weighted by atomic mass is 16.1. The number of nitrogens with one attached hydrogen (secondary N) is 2. The summed E-state index contributed by atoms with van der Waals surface area (Å²) >= 11 is 0. The molecule has 98 valence electrons. The van der Waals surface area contributed by atoms with E-state index in [9.17, 15) is 4.79 Å². The van der Waals surface area contributed by atoms with Gasteiger partial charge in [-0.3, -0.25) is 4.79 Å². The third kappa shape index (κ3) is 3.98. The Balaban J connectivity index is 1.75. The Morgan fingerprint density at radius 1 is 1.24 bits per heavy atom. The molecule has 3 nitrogen and oxygen atoms in total. The van der Waals surface area contributed by atoms with Gasteiger partial charge < -0.3 is 10.6 Å². The van der Waals surface area contributed by atoms with E-state index < -0.39 is 0 Å². The molecule has 0 radical (unpaired) electrons. The number of piperidine rings is 1. The van der Waals surface area contributed by atoms with Crippen molar-refractivity contribution in [1.29, 1.82) is 0 Å². The molecule has 0 bridgehead atoms. The Bertz CT molecular complexity index is 253. The number of hydrogen-bond donors (Lipinski definition) is 2. The molecule has 1 aliphatic heterocycles. The van der Waals surface area contributed by atoms with E-state index in [1.807, 2.05) is 0 Å². The second kappa shape index (κ2) is 5.85. The van der Waals surface area contributed by atoms with E-state index in [1.54, 1.807) is 0 Å². The second-order valence-electron chi connectivity index (χ2n) is 6.07. The molecule has 1 aliphatic carbocycles. The van der Waals surface area contributed by atoms with Gasteiger partial charge in [-0.15, -0.1) is 0 Å². The normalized spacial score (nSPS) is 25.5. The van der Waals surface area contributed by atoms with E-state index in [0.717, 1.165) is 32.4 Å². The van der Waals surface area contributed by atoms with Crippen LogP contribution in [0.4, 0.5) is 0 Å². The maximum atomic E-state index is 12.1. The lowest BCUT2D eigenvalue weighted by atomic mass is 9.85. The first kappa shape index (κ1) is 12.9. The maximum Gasteiger partial charge on any atom is 0.220 e. The van der Waals surface area contributed by atoms with Gasteiger partial charge in [0.15, 0.2) is 0 Å². The van der Waals surface area contributed by atoms with Crippen molar-refractivity contribution in [3.8, 4) is 0 Å². The molecule has 1 amide bonds. The predicted octanol–water partition coefficient (Wildman–Crippen LogP) is 2.22. The zero-order valence-electron chi connectivity index (χ0n) is 11.1. The zero-order valence-corrected chi connectivity index (χ0v) is 11.1. The van der Waals surface area contributed by atoms with Gasteiger partial charge in [-0.05, 0) is 51.6 Å². The van der Waals surface area contributed by atoms with Crippen molar-refractivity contribution in [3.05, 3.63) is 0 Å². The molecule has 0 unspecified atom stereocenters. The summed E-state index contributed by atoms with van der Waals surface area (Å²) in [5.41, 5.74) is 0.0387. The smallest absolute Gasteiger partial charge is 0.220 e. The molecule has 2 aliphatic rings. The third-order valence-electron chi connectivity index (χ3n) is 4.35. The number of carbonyl (C=O) groups is 1. The fourth-order valence-corrected chi connectivity index (χ4v) is 3.14. The molecule has 17 heavy (non-hydrogen) atoms. The van der Waals surface area contributed by atoms with Crippen molar-refractivity contribution in [1.82, 2.24) is 10.6 Å². The molecule has 2 fully saturated rings. The Hall–Kier alpha value is -0.570. The summed E-state index contributed by atoms with van der Waals surface area (Å²) in [5, 5.41) is 6.61. The van der Waals surface area contributed by atoms with Gasteiger partial charge in [-0.25, -0.2) is 0 Å². The number of carbonyl (C=O) groups excluding carboxylic acids is 1. The lowest BCUT2D eigenvalue weighted by molar-refractivity contribution is -0.124. The van der Waals surface area contributed by atoms with Crippen LogP contribution in [0.2, 0.25) is 0 Å². The van der Waals surface area contributed by atoms with Crippen molar-refractivity contribution in [2.75, 3.05) is 13.1 Å². The van der Waals surface area contributed by atoms with E-state index in [0.29, 0.717) is 5.92 Å². The highest BCUT2D eigenvalue weighted by Gasteiger charge is 2.29. The van der Waals surface area contributed by atoms with Gasteiger partial charge in [-0.1, -0.05) is 19.3 Å². The molecule has 0 atom stereocenters. The standard InChI is InChI=1S/C14H26N2O/c1-14(7-9-15-10-8-14)16-13(17)11-12-5-3-2-4-6-12/h12,15H,2-11H2,1H3,(H,16,17). The van der Waals surface area contributed by atoms with Crippen LogP contribution in [-0.4, -0.2) is 24.5 Å². The number of hydrogen-bond acceptors (Lipinski definition) is 2. The predicted molar refractivity (Wildman–Crippen MR) is 69.8 cm³/mol. The van der Waals surface area contributed by atoms with Crippen LogP contribution in [0.5, 0.6) is 0 Å². The zero-order chi connectivity index (χ0) is 12.1. The largest absolute Gasteiger partial charge is 0.351 e. The highest BCUT2D eigenvalue weighted by molar-refractivity contribution is 5.77. The molecular weight excluding hydrogens is 212 g/mol. The first-order chi connectivity index (χ1) is 8.18. The van der Waals surface area contributed by atoms with E-state index in [2.05, 4.69) is 17.6 Å². The van der Waals surface area contributed by atoms with Crippen LogP contribution in [0.3, 0.4) is 0 Å². The van der Waals surface area contributed by atoms with Crippen LogP contribution in [0, 0.1) is 5.92 Å². The maximum absolute atomic E-state index is 12.1. The molecule has 3 heteroatoms. The topological polar surface area (TPSA) is 41.1 Å². The van der Waals surface area contributed by atoms with Crippen LogP contribution in [0.15, 0.2) is 0 Å². The van der Waals surface area contributed by atoms with Crippen molar-refractivity contribution in [2.45, 2.75) is 63.8 Å². The Morgan fingerprint density at radius 3 is 2.53 bits per heavy atom. The molecule has 0 aromatic carbocycles. The molecule has 2 N–H and O–H groups in total. The van der Waals surface area contributed by atoms with Gasteiger partial charge in [-0.2, -0.15) is 0 Å². The minimum absolute atomic E-state index is 0.0387. The summed E-state index contributed by atoms with van der Waals surface area (Å²) in [6, 6.07) is 0. The van der Waals surface area contributed by atoms with E-state index in [1.165, 1.54) is 32.1 Å². The summed E-state index contributed by atoms with van der Waals surface area (Å²) < 4.78 is 0. The van der Waals surface area contributed by atoms with E-state index in [4.69, 9.17) is 0 Å². The minimum atomic E-state index is 0.0387. The van der Waals surface area contributed by atoms with Crippen LogP contribution < -0.4 is 10.6 Å². The summed E-state index contributed by atoms with van der Waals surface area (Å²) in [5.74, 6) is 0.926. The number of amides is 1. The summed E-state index contributed by atoms with van der Waals surface area (Å²) in [6.45, 7) is 4.24. The van der Waals surface area contributed by atoms with Gasteiger partial charge in [0.1, 0.15) is 0 Å². The Labute approximate surface area is 105 Å². The lowest BCUT2D eigenvalue weighted by Crippen LogP contribution is -2.52. The molecule has 1 saturated heterocycles. The summed E-state index contributed by atoms with van der Waals surface area (Å²) in [4.78, 5) is 12.1. The Morgan fingerprint density at radius 2 is 1.88 bits per heavy atom. The van der Waals surface area contributed by atoms with E-state index in [-0.39, 0.29) is 11.4 Å². The fourth-order valence-electron chi connectivity index (χ4n) is 3.14. The quantitative estimate of drug-likeness (QED) is 0.791. The first-order valence-electron chi connectivity index (χ1n) is 7.20. The monoisotopic (exact) mass is 238 g/mol. The van der Waals surface area contributed by atoms with Crippen molar-refractivity contribution in [3.63, 3.8) is 0 Å². The minimum Gasteiger partial charge on any atom is -0.351 e. The van der Waals surface area contributed by atoms with Crippen molar-refractivity contribution >= 4 is 5.91 Å². The van der Waals surface area contributed by atoms with Gasteiger partial charge in [0.25, 0.3) is 0 Å². The summed E-state index contributed by atoms with van der Waals surface area (Å²) in [7, 11) is 0. The van der Waals surface area contributed by atoms with Crippen molar-refractivity contribution < 1.29 is 4.79 Å². The van der Waals surface area contributed by atoms with Crippen LogP contribution in [-0.2, 0) is 4.79 Å². The van der Waals surface area contributed by atoms with Gasteiger partial charge >= 0.3 is 0 Å². The molecule has 1 heterocycles. The molecule has 0 aromatic rings. The second-order valence-corrected chi connectivity index (χ2v) is 6.07. The average molecular weight is 238 g/mol. The van der Waals surface area contributed by atoms with Crippen LogP contribution >= 0.6 is 0 Å². The van der Waals surface area contributed by atoms with Gasteiger partial charge in [0.05, 0.1) is 0 Å².